The highest BCUT2D eigenvalue weighted by Crippen LogP contribution is 2.30. The van der Waals surface area contributed by atoms with Crippen LogP contribution in [0.1, 0.15) is 37.3 Å². The standard InChI is InChI=1S/C18H28N4O/c1-23-17-9-4-3-8-15(17)16(22-12-5-2-6-13-22)14-21-18-19-10-7-11-20-18/h3-4,8-9,16H,2,5-7,10-14H2,1H3,(H2,19,20,21). The number of hydrogen-bond donors (Lipinski definition) is 2. The van der Waals surface area contributed by atoms with Crippen molar-refractivity contribution in [1.82, 2.24) is 15.5 Å². The lowest BCUT2D eigenvalue weighted by Crippen LogP contribution is -2.46. The maximum atomic E-state index is 5.61. The smallest absolute Gasteiger partial charge is 0.191 e. The number of hydrogen-bond acceptors (Lipinski definition) is 5. The Morgan fingerprint density at radius 2 is 2.04 bits per heavy atom. The van der Waals surface area contributed by atoms with E-state index in [0.717, 1.165) is 50.9 Å². The van der Waals surface area contributed by atoms with E-state index < -0.39 is 0 Å². The molecule has 0 aliphatic carbocycles. The molecule has 5 heteroatoms. The fourth-order valence-electron chi connectivity index (χ4n) is 3.45. The van der Waals surface area contributed by atoms with Crippen LogP contribution in [-0.4, -0.2) is 50.7 Å². The van der Waals surface area contributed by atoms with Crippen molar-refractivity contribution in [2.75, 3.05) is 39.8 Å². The zero-order valence-corrected chi connectivity index (χ0v) is 14.1. The van der Waals surface area contributed by atoms with Gasteiger partial charge < -0.3 is 15.4 Å². The van der Waals surface area contributed by atoms with Crippen molar-refractivity contribution < 1.29 is 4.74 Å². The van der Waals surface area contributed by atoms with Gasteiger partial charge in [0.05, 0.1) is 13.2 Å². The molecule has 0 aromatic heterocycles. The summed E-state index contributed by atoms with van der Waals surface area (Å²) in [4.78, 5) is 7.11. The van der Waals surface area contributed by atoms with Gasteiger partial charge in [-0.15, -0.1) is 0 Å². The van der Waals surface area contributed by atoms with E-state index >= 15 is 0 Å². The number of rotatable bonds is 5. The number of benzene rings is 1. The Balaban J connectivity index is 1.76. The summed E-state index contributed by atoms with van der Waals surface area (Å²) in [7, 11) is 1.76. The number of likely N-dealkylation sites (tertiary alicyclic amines) is 1. The van der Waals surface area contributed by atoms with Gasteiger partial charge in [-0.2, -0.15) is 0 Å². The van der Waals surface area contributed by atoms with Crippen molar-refractivity contribution in [3.05, 3.63) is 29.8 Å². The van der Waals surface area contributed by atoms with Gasteiger partial charge in [0.1, 0.15) is 5.75 Å². The summed E-state index contributed by atoms with van der Waals surface area (Å²) in [6.07, 6.45) is 5.03. The highest BCUT2D eigenvalue weighted by Gasteiger charge is 2.25. The average Bonchev–Trinajstić information content (AvgIpc) is 2.64. The van der Waals surface area contributed by atoms with E-state index in [1.54, 1.807) is 7.11 Å². The molecule has 0 bridgehead atoms. The van der Waals surface area contributed by atoms with Gasteiger partial charge >= 0.3 is 0 Å². The highest BCUT2D eigenvalue weighted by molar-refractivity contribution is 5.80. The van der Waals surface area contributed by atoms with Crippen molar-refractivity contribution in [1.29, 1.82) is 0 Å². The van der Waals surface area contributed by atoms with Crippen LogP contribution >= 0.6 is 0 Å². The van der Waals surface area contributed by atoms with Crippen LogP contribution in [0.4, 0.5) is 0 Å². The van der Waals surface area contributed by atoms with Gasteiger partial charge in [0.25, 0.3) is 0 Å². The van der Waals surface area contributed by atoms with Crippen molar-refractivity contribution in [2.24, 2.45) is 4.99 Å². The second-order valence-electron chi connectivity index (χ2n) is 6.25. The normalized spacial score (nSPS) is 20.3. The van der Waals surface area contributed by atoms with Crippen LogP contribution in [0.15, 0.2) is 29.3 Å². The SMILES string of the molecule is COc1ccccc1C(CNC1=NCCCN1)N1CCCCC1. The molecule has 0 spiro atoms. The molecule has 1 saturated heterocycles. The largest absolute Gasteiger partial charge is 0.496 e. The van der Waals surface area contributed by atoms with E-state index in [4.69, 9.17) is 4.74 Å². The molecule has 23 heavy (non-hydrogen) atoms. The first-order valence-electron chi connectivity index (χ1n) is 8.77. The molecule has 0 radical (unpaired) electrons. The maximum Gasteiger partial charge on any atom is 0.191 e. The number of guanidine groups is 1. The van der Waals surface area contributed by atoms with E-state index in [2.05, 4.69) is 38.7 Å². The molecular formula is C18H28N4O. The van der Waals surface area contributed by atoms with E-state index in [-0.39, 0.29) is 0 Å². The molecule has 1 fully saturated rings. The lowest BCUT2D eigenvalue weighted by atomic mass is 10.0. The van der Waals surface area contributed by atoms with Gasteiger partial charge in [0, 0.05) is 25.2 Å². The summed E-state index contributed by atoms with van der Waals surface area (Å²) in [5, 5.41) is 6.86. The summed E-state index contributed by atoms with van der Waals surface area (Å²) in [6, 6.07) is 8.71. The molecule has 2 N–H and O–H groups in total. The van der Waals surface area contributed by atoms with Gasteiger partial charge in [-0.1, -0.05) is 24.6 Å². The molecule has 2 aliphatic rings. The molecule has 5 nitrogen and oxygen atoms in total. The lowest BCUT2D eigenvalue weighted by molar-refractivity contribution is 0.161. The van der Waals surface area contributed by atoms with E-state index in [9.17, 15) is 0 Å². The topological polar surface area (TPSA) is 48.9 Å². The van der Waals surface area contributed by atoms with Gasteiger partial charge in [-0.05, 0) is 38.4 Å². The molecule has 126 valence electrons. The second-order valence-corrected chi connectivity index (χ2v) is 6.25. The van der Waals surface area contributed by atoms with Crippen molar-refractivity contribution in [3.63, 3.8) is 0 Å². The summed E-state index contributed by atoms with van der Waals surface area (Å²) < 4.78 is 5.61. The monoisotopic (exact) mass is 316 g/mol. The van der Waals surface area contributed by atoms with Crippen molar-refractivity contribution >= 4 is 5.96 Å². The Bertz CT molecular complexity index is 526. The first kappa shape index (κ1) is 16.1. The summed E-state index contributed by atoms with van der Waals surface area (Å²) >= 11 is 0. The van der Waals surface area contributed by atoms with Crippen LogP contribution in [0.2, 0.25) is 0 Å². The van der Waals surface area contributed by atoms with Crippen LogP contribution < -0.4 is 15.4 Å². The number of nitrogens with zero attached hydrogens (tertiary/aromatic N) is 2. The Hall–Kier alpha value is -1.75. The number of nitrogens with one attached hydrogen (secondary N) is 2. The summed E-state index contributed by atoms with van der Waals surface area (Å²) in [5.74, 6) is 1.91. The van der Waals surface area contributed by atoms with Crippen molar-refractivity contribution in [2.45, 2.75) is 31.7 Å². The van der Waals surface area contributed by atoms with Crippen LogP contribution in [-0.2, 0) is 0 Å². The molecule has 0 saturated carbocycles. The fourth-order valence-corrected chi connectivity index (χ4v) is 3.45. The molecule has 1 aromatic carbocycles. The zero-order valence-electron chi connectivity index (χ0n) is 14.1. The number of aliphatic imine (C=N–C) groups is 1. The second kappa shape index (κ2) is 8.20. The Morgan fingerprint density at radius 1 is 1.22 bits per heavy atom. The molecule has 1 unspecified atom stereocenters. The number of methoxy groups -OCH3 is 1. The fraction of sp³-hybridized carbons (Fsp3) is 0.611. The molecule has 2 heterocycles. The Labute approximate surface area is 139 Å². The van der Waals surface area contributed by atoms with Crippen LogP contribution in [0.3, 0.4) is 0 Å². The highest BCUT2D eigenvalue weighted by atomic mass is 16.5. The van der Waals surface area contributed by atoms with Crippen molar-refractivity contribution in [3.8, 4) is 5.75 Å². The molecule has 3 rings (SSSR count). The number of para-hydroxylation sites is 1. The molecule has 2 aliphatic heterocycles. The minimum Gasteiger partial charge on any atom is -0.496 e. The van der Waals surface area contributed by atoms with Gasteiger partial charge in [-0.3, -0.25) is 9.89 Å². The third-order valence-corrected chi connectivity index (χ3v) is 4.69. The van der Waals surface area contributed by atoms with Gasteiger partial charge in [0.2, 0.25) is 0 Å². The maximum absolute atomic E-state index is 5.61. The molecular weight excluding hydrogens is 288 g/mol. The zero-order chi connectivity index (χ0) is 15.9. The lowest BCUT2D eigenvalue weighted by Gasteiger charge is -2.36. The minimum atomic E-state index is 0.317. The third kappa shape index (κ3) is 4.16. The molecule has 1 atom stereocenters. The third-order valence-electron chi connectivity index (χ3n) is 4.69. The molecule has 0 amide bonds. The minimum absolute atomic E-state index is 0.317. The quantitative estimate of drug-likeness (QED) is 0.874. The van der Waals surface area contributed by atoms with Crippen LogP contribution in [0.25, 0.3) is 0 Å². The summed E-state index contributed by atoms with van der Waals surface area (Å²) in [6.45, 7) is 5.09. The summed E-state index contributed by atoms with van der Waals surface area (Å²) in [5.41, 5.74) is 1.26. The first-order chi connectivity index (χ1) is 11.4. The van der Waals surface area contributed by atoms with Gasteiger partial charge in [-0.25, -0.2) is 0 Å². The van der Waals surface area contributed by atoms with Crippen LogP contribution in [0, 0.1) is 0 Å². The predicted octanol–water partition coefficient (Wildman–Crippen LogP) is 2.16. The van der Waals surface area contributed by atoms with Gasteiger partial charge in [0.15, 0.2) is 5.96 Å². The van der Waals surface area contributed by atoms with E-state index in [1.807, 2.05) is 6.07 Å². The predicted molar refractivity (Wildman–Crippen MR) is 94.1 cm³/mol. The number of ether oxygens (including phenoxy) is 1. The number of piperidine rings is 1. The molecule has 1 aromatic rings. The van der Waals surface area contributed by atoms with E-state index in [0.29, 0.717) is 6.04 Å². The Kier molecular flexibility index (Phi) is 5.75. The van der Waals surface area contributed by atoms with E-state index in [1.165, 1.54) is 24.8 Å². The average molecular weight is 316 g/mol. The Morgan fingerprint density at radius 3 is 2.78 bits per heavy atom. The first-order valence-corrected chi connectivity index (χ1v) is 8.77. The van der Waals surface area contributed by atoms with Crippen LogP contribution in [0.5, 0.6) is 5.75 Å².